The summed E-state index contributed by atoms with van der Waals surface area (Å²) in [5.41, 5.74) is 5.54. The Morgan fingerprint density at radius 1 is 1.64 bits per heavy atom. The first-order chi connectivity index (χ1) is 10.4. The minimum Gasteiger partial charge on any atom is -0.439 e. The molecule has 0 saturated heterocycles. The van der Waals surface area contributed by atoms with Crippen LogP contribution in [0.25, 0.3) is 11.1 Å². The molecule has 1 atom stereocenters. The van der Waals surface area contributed by atoms with Gasteiger partial charge in [-0.3, -0.25) is 4.79 Å². The van der Waals surface area contributed by atoms with Gasteiger partial charge in [-0.2, -0.15) is 5.26 Å². The predicted molar refractivity (Wildman–Crippen MR) is 76.4 cm³/mol. The molecule has 114 valence electrons. The summed E-state index contributed by atoms with van der Waals surface area (Å²) in [4.78, 5) is 16.0. The van der Waals surface area contributed by atoms with Gasteiger partial charge in [0.2, 0.25) is 5.91 Å². The van der Waals surface area contributed by atoms with E-state index >= 15 is 0 Å². The van der Waals surface area contributed by atoms with Gasteiger partial charge in [-0.15, -0.1) is 0 Å². The average Bonchev–Trinajstić information content (AvgIpc) is 3.11. The standard InChI is InChI=1S/C14H12ClFN4O2/c15-8-3-7(16)4-10-12(8)22-11(19-10)5-9(18)13(21)20-14(6-17)1-2-14/h3-4,9H,1-2,5,18H2,(H,20,21). The highest BCUT2D eigenvalue weighted by atomic mass is 35.5. The van der Waals surface area contributed by atoms with Gasteiger partial charge in [0.25, 0.3) is 0 Å². The van der Waals surface area contributed by atoms with Gasteiger partial charge in [0.05, 0.1) is 17.1 Å². The van der Waals surface area contributed by atoms with Crippen molar-refractivity contribution in [3.63, 3.8) is 0 Å². The van der Waals surface area contributed by atoms with E-state index in [0.717, 1.165) is 6.07 Å². The molecule has 6 nitrogen and oxygen atoms in total. The topological polar surface area (TPSA) is 105 Å². The molecule has 8 heteroatoms. The maximum atomic E-state index is 13.2. The fourth-order valence-electron chi connectivity index (χ4n) is 2.09. The van der Waals surface area contributed by atoms with E-state index in [1.807, 2.05) is 0 Å². The highest BCUT2D eigenvalue weighted by Gasteiger charge is 2.45. The van der Waals surface area contributed by atoms with Gasteiger partial charge >= 0.3 is 0 Å². The Morgan fingerprint density at radius 2 is 2.36 bits per heavy atom. The van der Waals surface area contributed by atoms with E-state index in [1.54, 1.807) is 0 Å². The Balaban J connectivity index is 1.74. The largest absolute Gasteiger partial charge is 0.439 e. The lowest BCUT2D eigenvalue weighted by Gasteiger charge is -2.13. The van der Waals surface area contributed by atoms with Crippen LogP contribution >= 0.6 is 11.6 Å². The molecule has 0 spiro atoms. The van der Waals surface area contributed by atoms with Crippen molar-refractivity contribution < 1.29 is 13.6 Å². The van der Waals surface area contributed by atoms with Crippen molar-refractivity contribution in [1.29, 1.82) is 5.26 Å². The maximum Gasteiger partial charge on any atom is 0.238 e. The lowest BCUT2D eigenvalue weighted by molar-refractivity contribution is -0.123. The van der Waals surface area contributed by atoms with Gasteiger partial charge in [0.15, 0.2) is 11.5 Å². The van der Waals surface area contributed by atoms with Crippen LogP contribution < -0.4 is 11.1 Å². The maximum absolute atomic E-state index is 13.2. The van der Waals surface area contributed by atoms with Crippen LogP contribution in [0.15, 0.2) is 16.5 Å². The van der Waals surface area contributed by atoms with Crippen LogP contribution in [0.3, 0.4) is 0 Å². The predicted octanol–water partition coefficient (Wildman–Crippen LogP) is 1.66. The minimum absolute atomic E-state index is 0.0277. The number of hydrogen-bond acceptors (Lipinski definition) is 5. The number of benzene rings is 1. The Bertz CT molecular complexity index is 794. The molecule has 3 rings (SSSR count). The number of aromatic nitrogens is 1. The second-order valence-electron chi connectivity index (χ2n) is 5.34. The van der Waals surface area contributed by atoms with Crippen LogP contribution in [0.2, 0.25) is 5.02 Å². The number of rotatable bonds is 4. The number of nitrogens with zero attached hydrogens (tertiary/aromatic N) is 2. The third-order valence-electron chi connectivity index (χ3n) is 3.51. The molecule has 1 amide bonds. The molecule has 1 aliphatic carbocycles. The normalized spacial score (nSPS) is 17.0. The molecule has 1 fully saturated rings. The van der Waals surface area contributed by atoms with Crippen molar-refractivity contribution in [2.45, 2.75) is 30.8 Å². The van der Waals surface area contributed by atoms with Gasteiger partial charge in [-0.1, -0.05) is 11.6 Å². The van der Waals surface area contributed by atoms with E-state index in [0.29, 0.717) is 12.8 Å². The zero-order valence-corrected chi connectivity index (χ0v) is 12.2. The van der Waals surface area contributed by atoms with Gasteiger partial charge < -0.3 is 15.5 Å². The molecule has 1 aromatic heterocycles. The molecule has 0 bridgehead atoms. The molecular formula is C14H12ClFN4O2. The first kappa shape index (κ1) is 14.8. The summed E-state index contributed by atoms with van der Waals surface area (Å²) in [6.07, 6.45) is 1.28. The molecule has 0 aliphatic heterocycles. The third kappa shape index (κ3) is 2.75. The zero-order chi connectivity index (χ0) is 15.9. The number of nitrogens with two attached hydrogens (primary N) is 1. The number of nitriles is 1. The SMILES string of the molecule is N#CC1(NC(=O)C(N)Cc2nc3cc(F)cc(Cl)c3o2)CC1. The molecule has 1 aliphatic rings. The van der Waals surface area contributed by atoms with Gasteiger partial charge in [-0.05, 0) is 18.9 Å². The highest BCUT2D eigenvalue weighted by Crippen LogP contribution is 2.34. The van der Waals surface area contributed by atoms with Gasteiger partial charge in [-0.25, -0.2) is 9.37 Å². The summed E-state index contributed by atoms with van der Waals surface area (Å²) in [6.45, 7) is 0. The number of nitrogens with one attached hydrogen (secondary N) is 1. The minimum atomic E-state index is -0.914. The fourth-order valence-corrected chi connectivity index (χ4v) is 2.33. The summed E-state index contributed by atoms with van der Waals surface area (Å²) < 4.78 is 18.7. The molecule has 0 radical (unpaired) electrons. The molecule has 3 N–H and O–H groups in total. The second kappa shape index (κ2) is 5.23. The summed E-state index contributed by atoms with van der Waals surface area (Å²) in [5.74, 6) is -0.783. The monoisotopic (exact) mass is 322 g/mol. The van der Waals surface area contributed by atoms with Crippen molar-refractivity contribution in [2.75, 3.05) is 0 Å². The number of halogens is 2. The van der Waals surface area contributed by atoms with Crippen LogP contribution in [-0.4, -0.2) is 22.5 Å². The van der Waals surface area contributed by atoms with Crippen LogP contribution in [0.5, 0.6) is 0 Å². The molecule has 22 heavy (non-hydrogen) atoms. The summed E-state index contributed by atoms with van der Waals surface area (Å²) in [7, 11) is 0. The molecule has 1 saturated carbocycles. The van der Waals surface area contributed by atoms with Crippen molar-refractivity contribution in [3.8, 4) is 6.07 Å². The molecule has 2 aromatic rings. The molecule has 1 unspecified atom stereocenters. The summed E-state index contributed by atoms with van der Waals surface area (Å²) >= 11 is 5.87. The van der Waals surface area contributed by atoms with E-state index < -0.39 is 23.3 Å². The van der Waals surface area contributed by atoms with Crippen LogP contribution in [0, 0.1) is 17.1 Å². The van der Waals surface area contributed by atoms with E-state index in [1.165, 1.54) is 6.07 Å². The van der Waals surface area contributed by atoms with Crippen LogP contribution in [-0.2, 0) is 11.2 Å². The molecular weight excluding hydrogens is 311 g/mol. The number of amides is 1. The number of oxazole rings is 1. The van der Waals surface area contributed by atoms with Crippen molar-refractivity contribution in [1.82, 2.24) is 10.3 Å². The number of hydrogen-bond donors (Lipinski definition) is 2. The molecule has 1 heterocycles. The first-order valence-electron chi connectivity index (χ1n) is 6.66. The second-order valence-corrected chi connectivity index (χ2v) is 5.74. The van der Waals surface area contributed by atoms with Crippen LogP contribution in [0.1, 0.15) is 18.7 Å². The number of carbonyl (C=O) groups excluding carboxylic acids is 1. The smallest absolute Gasteiger partial charge is 0.238 e. The Kier molecular flexibility index (Phi) is 3.51. The zero-order valence-electron chi connectivity index (χ0n) is 11.4. The fraction of sp³-hybridized carbons (Fsp3) is 0.357. The Morgan fingerprint density at radius 3 is 3.00 bits per heavy atom. The van der Waals surface area contributed by atoms with E-state index in [4.69, 9.17) is 27.0 Å². The molecule has 1 aromatic carbocycles. The summed E-state index contributed by atoms with van der Waals surface area (Å²) in [6, 6.07) is 3.45. The lowest BCUT2D eigenvalue weighted by atomic mass is 10.2. The Hall–Kier alpha value is -2.17. The number of carbonyl (C=O) groups is 1. The highest BCUT2D eigenvalue weighted by molar-refractivity contribution is 6.34. The van der Waals surface area contributed by atoms with Crippen molar-refractivity contribution in [3.05, 3.63) is 28.9 Å². The lowest BCUT2D eigenvalue weighted by Crippen LogP contribution is -2.47. The van der Waals surface area contributed by atoms with Gasteiger partial charge in [0.1, 0.15) is 16.9 Å². The van der Waals surface area contributed by atoms with Crippen molar-refractivity contribution in [2.24, 2.45) is 5.73 Å². The van der Waals surface area contributed by atoms with E-state index in [9.17, 15) is 9.18 Å². The van der Waals surface area contributed by atoms with Crippen molar-refractivity contribution >= 4 is 28.6 Å². The quantitative estimate of drug-likeness (QED) is 0.890. The summed E-state index contributed by atoms with van der Waals surface area (Å²) in [5, 5.41) is 11.7. The third-order valence-corrected chi connectivity index (χ3v) is 3.79. The van der Waals surface area contributed by atoms with E-state index in [-0.39, 0.29) is 28.4 Å². The average molecular weight is 323 g/mol. The Labute approximate surface area is 130 Å². The van der Waals surface area contributed by atoms with E-state index in [2.05, 4.69) is 16.4 Å². The van der Waals surface area contributed by atoms with Gasteiger partial charge in [0, 0.05) is 12.5 Å². The number of fused-ring (bicyclic) bond motifs is 1. The first-order valence-corrected chi connectivity index (χ1v) is 7.03. The van der Waals surface area contributed by atoms with Crippen LogP contribution in [0.4, 0.5) is 4.39 Å².